The average Bonchev–Trinajstić information content (AvgIpc) is 3.40. The van der Waals surface area contributed by atoms with Crippen LogP contribution in [0.25, 0.3) is 0 Å². The zero-order chi connectivity index (χ0) is 21.8. The zero-order valence-electron chi connectivity index (χ0n) is 16.8. The quantitative estimate of drug-likeness (QED) is 0.365. The molecule has 11 heteroatoms. The van der Waals surface area contributed by atoms with Crippen molar-refractivity contribution in [2.24, 2.45) is 7.05 Å². The highest BCUT2D eigenvalue weighted by Crippen LogP contribution is 2.36. The number of pyridine rings is 2. The maximum absolute atomic E-state index is 9.78. The van der Waals surface area contributed by atoms with E-state index in [9.17, 15) is 5.11 Å². The van der Waals surface area contributed by atoms with E-state index in [1.165, 1.54) is 23.1 Å². The first-order valence-electron chi connectivity index (χ1n) is 9.29. The first-order valence-corrected chi connectivity index (χ1v) is 11.0. The summed E-state index contributed by atoms with van der Waals surface area (Å²) in [4.78, 5) is 18.3. The maximum atomic E-state index is 9.78. The number of rotatable bonds is 8. The number of aliphatic hydroxyl groups excluding tert-OH is 2. The monoisotopic (exact) mass is 456 g/mol. The lowest BCUT2D eigenvalue weighted by atomic mass is 10.3. The number of anilines is 2. The summed E-state index contributed by atoms with van der Waals surface area (Å²) >= 11 is 2.76. The minimum atomic E-state index is -1.02. The molecule has 4 aromatic rings. The molecule has 0 aliphatic rings. The fourth-order valence-electron chi connectivity index (χ4n) is 2.60. The van der Waals surface area contributed by atoms with Crippen molar-refractivity contribution in [3.05, 3.63) is 59.8 Å². The molecule has 0 bridgehead atoms. The van der Waals surface area contributed by atoms with Crippen LogP contribution in [0, 0.1) is 6.92 Å². The number of ether oxygens (including phenoxy) is 1. The van der Waals surface area contributed by atoms with E-state index in [2.05, 4.69) is 25.3 Å². The van der Waals surface area contributed by atoms with E-state index in [0.29, 0.717) is 28.1 Å². The Morgan fingerprint density at radius 3 is 2.87 bits per heavy atom. The number of hydrogen-bond donors (Lipinski definition) is 3. The third-order valence-corrected chi connectivity index (χ3v) is 6.06. The van der Waals surface area contributed by atoms with Gasteiger partial charge in [0.05, 0.1) is 18.0 Å². The van der Waals surface area contributed by atoms with E-state index in [1.54, 1.807) is 30.0 Å². The van der Waals surface area contributed by atoms with Gasteiger partial charge in [0, 0.05) is 48.2 Å². The number of thiazole rings is 1. The molecule has 1 atom stereocenters. The third kappa shape index (κ3) is 5.02. The van der Waals surface area contributed by atoms with Gasteiger partial charge in [-0.2, -0.15) is 0 Å². The minimum Gasteiger partial charge on any atom is -0.452 e. The lowest BCUT2D eigenvalue weighted by Crippen LogP contribution is -2.03. The topological polar surface area (TPSA) is 118 Å². The van der Waals surface area contributed by atoms with Crippen molar-refractivity contribution in [1.29, 1.82) is 0 Å². The molecule has 0 aliphatic heterocycles. The molecule has 0 saturated carbocycles. The van der Waals surface area contributed by atoms with Crippen LogP contribution < -0.4 is 10.1 Å². The summed E-state index contributed by atoms with van der Waals surface area (Å²) in [5, 5.41) is 25.1. The second-order valence-corrected chi connectivity index (χ2v) is 8.43. The molecular formula is C20H20N6O3S2. The summed E-state index contributed by atoms with van der Waals surface area (Å²) in [5.74, 6) is 1.57. The molecule has 0 saturated heterocycles. The van der Waals surface area contributed by atoms with Crippen LogP contribution in [-0.2, 0) is 7.05 Å². The molecule has 4 rings (SSSR count). The van der Waals surface area contributed by atoms with Gasteiger partial charge in [0.2, 0.25) is 0 Å². The second-order valence-electron chi connectivity index (χ2n) is 6.53. The second kappa shape index (κ2) is 9.43. The number of hydrogen-bond acceptors (Lipinski definition) is 10. The van der Waals surface area contributed by atoms with Crippen LogP contribution in [0.15, 0.2) is 58.4 Å². The van der Waals surface area contributed by atoms with Crippen molar-refractivity contribution in [2.45, 2.75) is 23.1 Å². The van der Waals surface area contributed by atoms with Crippen LogP contribution in [0.1, 0.15) is 17.5 Å². The number of nitrogens with one attached hydrogen (secondary N) is 1. The molecule has 1 unspecified atom stereocenters. The van der Waals surface area contributed by atoms with Crippen LogP contribution >= 0.6 is 23.1 Å². The molecule has 0 amide bonds. The van der Waals surface area contributed by atoms with Crippen molar-refractivity contribution < 1.29 is 14.9 Å². The van der Waals surface area contributed by atoms with Crippen molar-refractivity contribution in [2.75, 3.05) is 11.9 Å². The Kier molecular flexibility index (Phi) is 6.47. The van der Waals surface area contributed by atoms with Crippen molar-refractivity contribution in [3.63, 3.8) is 0 Å². The van der Waals surface area contributed by atoms with E-state index in [4.69, 9.17) is 9.84 Å². The predicted octanol–water partition coefficient (Wildman–Crippen LogP) is 3.69. The van der Waals surface area contributed by atoms with Gasteiger partial charge < -0.3 is 24.8 Å². The van der Waals surface area contributed by atoms with Crippen LogP contribution in [0.4, 0.5) is 10.9 Å². The fourth-order valence-corrected chi connectivity index (χ4v) is 4.15. The molecule has 160 valence electrons. The third-order valence-electron chi connectivity index (χ3n) is 4.25. The Morgan fingerprint density at radius 2 is 2.13 bits per heavy atom. The molecule has 4 heterocycles. The number of nitrogens with zero attached hydrogens (tertiary/aromatic N) is 5. The highest BCUT2D eigenvalue weighted by atomic mass is 32.2. The number of aromatic nitrogens is 5. The summed E-state index contributed by atoms with van der Waals surface area (Å²) in [6.45, 7) is 1.47. The summed E-state index contributed by atoms with van der Waals surface area (Å²) in [6, 6.07) is 5.51. The maximum Gasteiger partial charge on any atom is 0.188 e. The standard InChI is InChI=1S/C20H20N6O3S2/c1-12-16(4-3-5-21-12)29-17-8-13(31-20-22-6-7-26(20)2)9-23-18(17)25-19-24-14(11-30-19)15(28)10-27/h3-9,11,15,27-28H,10H2,1-2H3,(H,23,24,25). The van der Waals surface area contributed by atoms with Crippen molar-refractivity contribution in [1.82, 2.24) is 24.5 Å². The fraction of sp³-hybridized carbons (Fsp3) is 0.200. The van der Waals surface area contributed by atoms with Gasteiger partial charge in [-0.25, -0.2) is 15.0 Å². The largest absolute Gasteiger partial charge is 0.452 e. The molecule has 3 N–H and O–H groups in total. The Balaban J connectivity index is 1.65. The predicted molar refractivity (Wildman–Crippen MR) is 118 cm³/mol. The van der Waals surface area contributed by atoms with Gasteiger partial charge in [-0.15, -0.1) is 11.3 Å². The zero-order valence-corrected chi connectivity index (χ0v) is 18.4. The number of aryl methyl sites for hydroxylation is 2. The lowest BCUT2D eigenvalue weighted by molar-refractivity contribution is 0.0928. The van der Waals surface area contributed by atoms with Gasteiger partial charge in [0.1, 0.15) is 11.9 Å². The molecule has 0 spiro atoms. The number of imidazole rings is 1. The van der Waals surface area contributed by atoms with E-state index in [1.807, 2.05) is 36.9 Å². The molecule has 0 fully saturated rings. The SMILES string of the molecule is Cc1ncccc1Oc1cc(Sc2nccn2C)cnc1Nc1nc(C(O)CO)cs1. The van der Waals surface area contributed by atoms with Gasteiger partial charge in [0.25, 0.3) is 0 Å². The van der Waals surface area contributed by atoms with Crippen LogP contribution in [-0.4, -0.2) is 41.3 Å². The number of aliphatic hydroxyl groups is 2. The van der Waals surface area contributed by atoms with E-state index in [-0.39, 0.29) is 0 Å². The Bertz CT molecular complexity index is 1180. The van der Waals surface area contributed by atoms with Crippen LogP contribution in [0.5, 0.6) is 11.5 Å². The van der Waals surface area contributed by atoms with Crippen LogP contribution in [0.3, 0.4) is 0 Å². The molecule has 9 nitrogen and oxygen atoms in total. The van der Waals surface area contributed by atoms with E-state index >= 15 is 0 Å². The Hall–Kier alpha value is -2.99. The van der Waals surface area contributed by atoms with Gasteiger partial charge in [0.15, 0.2) is 21.9 Å². The first kappa shape index (κ1) is 21.2. The summed E-state index contributed by atoms with van der Waals surface area (Å²) in [5.41, 5.74) is 1.14. The first-order chi connectivity index (χ1) is 15.0. The lowest BCUT2D eigenvalue weighted by Gasteiger charge is -2.13. The van der Waals surface area contributed by atoms with Crippen LogP contribution in [0.2, 0.25) is 0 Å². The average molecular weight is 457 g/mol. The molecule has 4 aromatic heterocycles. The molecule has 0 aliphatic carbocycles. The van der Waals surface area contributed by atoms with Crippen molar-refractivity contribution >= 4 is 34.0 Å². The summed E-state index contributed by atoms with van der Waals surface area (Å²) in [6.07, 6.45) is 6.02. The summed E-state index contributed by atoms with van der Waals surface area (Å²) < 4.78 is 8.06. The molecule has 0 radical (unpaired) electrons. The molecule has 0 aromatic carbocycles. The Morgan fingerprint density at radius 1 is 1.26 bits per heavy atom. The van der Waals surface area contributed by atoms with Gasteiger partial charge in [-0.05, 0) is 30.8 Å². The van der Waals surface area contributed by atoms with Gasteiger partial charge in [-0.1, -0.05) is 0 Å². The normalized spacial score (nSPS) is 12.0. The smallest absolute Gasteiger partial charge is 0.188 e. The highest BCUT2D eigenvalue weighted by Gasteiger charge is 2.16. The van der Waals surface area contributed by atoms with Gasteiger partial charge >= 0.3 is 0 Å². The minimum absolute atomic E-state index is 0.391. The summed E-state index contributed by atoms with van der Waals surface area (Å²) in [7, 11) is 1.93. The molecule has 31 heavy (non-hydrogen) atoms. The molecular weight excluding hydrogens is 436 g/mol. The van der Waals surface area contributed by atoms with Crippen molar-refractivity contribution in [3.8, 4) is 11.5 Å². The van der Waals surface area contributed by atoms with E-state index < -0.39 is 12.7 Å². The highest BCUT2D eigenvalue weighted by molar-refractivity contribution is 7.99. The Labute approximate surface area is 186 Å². The van der Waals surface area contributed by atoms with E-state index in [0.717, 1.165) is 15.7 Å². The van der Waals surface area contributed by atoms with Gasteiger partial charge in [-0.3, -0.25) is 4.98 Å².